The first-order valence-corrected chi connectivity index (χ1v) is 8.60. The van der Waals surface area contributed by atoms with E-state index in [4.69, 9.17) is 0 Å². The Morgan fingerprint density at radius 1 is 1.30 bits per heavy atom. The van der Waals surface area contributed by atoms with Gasteiger partial charge in [-0.15, -0.1) is 0 Å². The molecule has 0 saturated heterocycles. The Kier molecular flexibility index (Phi) is 4.26. The van der Waals surface area contributed by atoms with Crippen LogP contribution in [0.4, 0.5) is 5.82 Å². The zero-order valence-electron chi connectivity index (χ0n) is 13.4. The molecule has 2 aromatic rings. The maximum Gasteiger partial charge on any atom is 0.279 e. The lowest BCUT2D eigenvalue weighted by atomic mass is 9.86. The average molecular weight is 329 g/mol. The molecule has 2 heterocycles. The minimum Gasteiger partial charge on any atom is -0.312 e. The highest BCUT2D eigenvalue weighted by Crippen LogP contribution is 2.35. The van der Waals surface area contributed by atoms with Crippen molar-refractivity contribution in [3.05, 3.63) is 51.3 Å². The highest BCUT2D eigenvalue weighted by atomic mass is 32.2. The topological polar surface area (TPSA) is 64.0 Å². The fraction of sp³-hybridized carbons (Fsp3) is 0.353. The van der Waals surface area contributed by atoms with E-state index in [9.17, 15) is 9.59 Å². The third kappa shape index (κ3) is 2.91. The summed E-state index contributed by atoms with van der Waals surface area (Å²) in [7, 11) is 1.83. The number of anilines is 1. The van der Waals surface area contributed by atoms with Gasteiger partial charge in [-0.05, 0) is 18.2 Å². The first-order chi connectivity index (χ1) is 11.0. The second-order valence-electron chi connectivity index (χ2n) is 5.67. The fourth-order valence-electron chi connectivity index (χ4n) is 2.88. The number of thioether (sulfide) groups is 1. The van der Waals surface area contributed by atoms with Crippen LogP contribution in [0.25, 0.3) is 0 Å². The van der Waals surface area contributed by atoms with Gasteiger partial charge in [0, 0.05) is 19.4 Å². The molecule has 0 saturated carbocycles. The Morgan fingerprint density at radius 2 is 2.00 bits per heavy atom. The molecule has 1 aromatic carbocycles. The summed E-state index contributed by atoms with van der Waals surface area (Å²) in [5.41, 5.74) is 2.45. The van der Waals surface area contributed by atoms with E-state index >= 15 is 0 Å². The number of carbonyl (C=O) groups excluding carboxylic acids is 1. The van der Waals surface area contributed by atoms with Crippen LogP contribution in [0.2, 0.25) is 0 Å². The van der Waals surface area contributed by atoms with Crippen LogP contribution >= 0.6 is 11.8 Å². The van der Waals surface area contributed by atoms with Crippen molar-refractivity contribution in [2.75, 3.05) is 11.1 Å². The lowest BCUT2D eigenvalue weighted by Gasteiger charge is -2.27. The summed E-state index contributed by atoms with van der Waals surface area (Å²) in [6.07, 6.45) is 0.271. The zero-order valence-corrected chi connectivity index (χ0v) is 14.2. The van der Waals surface area contributed by atoms with Gasteiger partial charge in [-0.2, -0.15) is 4.98 Å². The van der Waals surface area contributed by atoms with Gasteiger partial charge in [0.25, 0.3) is 5.56 Å². The van der Waals surface area contributed by atoms with E-state index in [-0.39, 0.29) is 23.8 Å². The number of aryl methyl sites for hydroxylation is 1. The molecule has 1 aliphatic heterocycles. The molecule has 1 atom stereocenters. The van der Waals surface area contributed by atoms with Crippen molar-refractivity contribution in [2.24, 2.45) is 7.05 Å². The molecule has 6 heteroatoms. The summed E-state index contributed by atoms with van der Waals surface area (Å²) in [6.45, 7) is 4.02. The number of fused-ring (bicyclic) bond motifs is 1. The van der Waals surface area contributed by atoms with Gasteiger partial charge in [0.1, 0.15) is 5.82 Å². The SMILES string of the molecule is CCSc1nc(=O)c2c(n1C)NC(=O)C[C@@H]2c1ccc(C)cc1. The maximum absolute atomic E-state index is 12.6. The Hall–Kier alpha value is -2.08. The fourth-order valence-corrected chi connectivity index (χ4v) is 3.57. The second-order valence-corrected chi connectivity index (χ2v) is 6.90. The van der Waals surface area contributed by atoms with Gasteiger partial charge in [-0.1, -0.05) is 48.5 Å². The van der Waals surface area contributed by atoms with E-state index < -0.39 is 0 Å². The third-order valence-electron chi connectivity index (χ3n) is 4.05. The van der Waals surface area contributed by atoms with Crippen molar-refractivity contribution < 1.29 is 4.79 Å². The van der Waals surface area contributed by atoms with Crippen LogP contribution in [-0.4, -0.2) is 21.2 Å². The molecule has 0 unspecified atom stereocenters. The lowest BCUT2D eigenvalue weighted by Crippen LogP contribution is -2.33. The van der Waals surface area contributed by atoms with E-state index in [0.717, 1.165) is 16.9 Å². The van der Waals surface area contributed by atoms with E-state index in [1.165, 1.54) is 11.8 Å². The molecule has 0 radical (unpaired) electrons. The number of aromatic nitrogens is 2. The average Bonchev–Trinajstić information content (AvgIpc) is 2.52. The number of amides is 1. The molecule has 23 heavy (non-hydrogen) atoms. The highest BCUT2D eigenvalue weighted by Gasteiger charge is 2.31. The normalized spacial score (nSPS) is 16.8. The first kappa shape index (κ1) is 15.8. The summed E-state index contributed by atoms with van der Waals surface area (Å²) >= 11 is 1.49. The van der Waals surface area contributed by atoms with Gasteiger partial charge in [-0.25, -0.2) is 0 Å². The molecule has 5 nitrogen and oxygen atoms in total. The van der Waals surface area contributed by atoms with E-state index in [1.54, 1.807) is 0 Å². The molecule has 1 aromatic heterocycles. The minimum atomic E-state index is -0.250. The van der Waals surface area contributed by atoms with Crippen LogP contribution in [0, 0.1) is 6.92 Å². The lowest BCUT2D eigenvalue weighted by molar-refractivity contribution is -0.116. The van der Waals surface area contributed by atoms with Gasteiger partial charge in [0.05, 0.1) is 5.56 Å². The summed E-state index contributed by atoms with van der Waals surface area (Å²) in [4.78, 5) is 28.9. The number of carbonyl (C=O) groups is 1. The molecular weight excluding hydrogens is 310 g/mol. The molecule has 1 N–H and O–H groups in total. The number of hydrogen-bond donors (Lipinski definition) is 1. The number of nitrogens with one attached hydrogen (secondary N) is 1. The number of hydrogen-bond acceptors (Lipinski definition) is 4. The molecule has 0 spiro atoms. The standard InChI is InChI=1S/C17H19N3O2S/c1-4-23-17-19-16(22)14-12(11-7-5-10(2)6-8-11)9-13(21)18-15(14)20(17)3/h5-8,12H,4,9H2,1-3H3,(H,18,21)/t12-/m1/s1. The molecular formula is C17H19N3O2S. The van der Waals surface area contributed by atoms with Crippen molar-refractivity contribution in [2.45, 2.75) is 31.3 Å². The van der Waals surface area contributed by atoms with Crippen LogP contribution in [0.3, 0.4) is 0 Å². The van der Waals surface area contributed by atoms with E-state index in [0.29, 0.717) is 16.5 Å². The number of nitrogens with zero attached hydrogens (tertiary/aromatic N) is 2. The second kappa shape index (κ2) is 6.20. The van der Waals surface area contributed by atoms with Crippen LogP contribution in [0.15, 0.2) is 34.2 Å². The van der Waals surface area contributed by atoms with Crippen LogP contribution in [0.5, 0.6) is 0 Å². The van der Waals surface area contributed by atoms with Crippen molar-refractivity contribution in [3.8, 4) is 0 Å². The number of rotatable bonds is 3. The van der Waals surface area contributed by atoms with Gasteiger partial charge in [0.2, 0.25) is 5.91 Å². The predicted octanol–water partition coefficient (Wildman–Crippen LogP) is 2.67. The van der Waals surface area contributed by atoms with E-state index in [2.05, 4.69) is 10.3 Å². The van der Waals surface area contributed by atoms with Gasteiger partial charge >= 0.3 is 0 Å². The van der Waals surface area contributed by atoms with Crippen molar-refractivity contribution >= 4 is 23.5 Å². The molecule has 1 aliphatic rings. The Balaban J connectivity index is 2.18. The summed E-state index contributed by atoms with van der Waals surface area (Å²) < 4.78 is 1.81. The largest absolute Gasteiger partial charge is 0.312 e. The van der Waals surface area contributed by atoms with Crippen LogP contribution in [-0.2, 0) is 11.8 Å². The quantitative estimate of drug-likeness (QED) is 0.694. The molecule has 120 valence electrons. The monoisotopic (exact) mass is 329 g/mol. The molecule has 1 amide bonds. The summed E-state index contributed by atoms with van der Waals surface area (Å²) in [5, 5.41) is 3.48. The zero-order chi connectivity index (χ0) is 16.6. The Labute approximate surface area is 139 Å². The predicted molar refractivity (Wildman–Crippen MR) is 92.1 cm³/mol. The van der Waals surface area contributed by atoms with Crippen molar-refractivity contribution in [3.63, 3.8) is 0 Å². The molecule has 0 aliphatic carbocycles. The number of benzene rings is 1. The van der Waals surface area contributed by atoms with Crippen LogP contribution in [0.1, 0.15) is 36.0 Å². The molecule has 3 rings (SSSR count). The van der Waals surface area contributed by atoms with Crippen molar-refractivity contribution in [1.29, 1.82) is 0 Å². The first-order valence-electron chi connectivity index (χ1n) is 7.61. The summed E-state index contributed by atoms with van der Waals surface area (Å²) in [5.74, 6) is 1.07. The third-order valence-corrected chi connectivity index (χ3v) is 4.97. The van der Waals surface area contributed by atoms with E-state index in [1.807, 2.05) is 49.7 Å². The van der Waals surface area contributed by atoms with Gasteiger partial charge in [-0.3, -0.25) is 9.59 Å². The smallest absolute Gasteiger partial charge is 0.279 e. The van der Waals surface area contributed by atoms with Gasteiger partial charge < -0.3 is 9.88 Å². The van der Waals surface area contributed by atoms with Gasteiger partial charge in [0.15, 0.2) is 5.16 Å². The van der Waals surface area contributed by atoms with Crippen molar-refractivity contribution in [1.82, 2.24) is 9.55 Å². The highest BCUT2D eigenvalue weighted by molar-refractivity contribution is 7.99. The Bertz CT molecular complexity index is 812. The molecule has 0 fully saturated rings. The van der Waals surface area contributed by atoms with Crippen LogP contribution < -0.4 is 10.9 Å². The summed E-state index contributed by atoms with van der Waals surface area (Å²) in [6, 6.07) is 7.97. The maximum atomic E-state index is 12.6. The molecule has 0 bridgehead atoms. The minimum absolute atomic E-state index is 0.0725. The Morgan fingerprint density at radius 3 is 2.65 bits per heavy atom.